The van der Waals surface area contributed by atoms with Crippen LogP contribution in [0.15, 0.2) is 41.3 Å². The first-order valence-electron chi connectivity index (χ1n) is 5.57. The SMILES string of the molecule is Cc1cncc(C(=O)NC(CO)c2ccco2)c1. The van der Waals surface area contributed by atoms with Crippen LogP contribution in [0.4, 0.5) is 0 Å². The Kier molecular flexibility index (Phi) is 3.74. The molecule has 0 spiro atoms. The minimum absolute atomic E-state index is 0.224. The Hall–Kier alpha value is -2.14. The van der Waals surface area contributed by atoms with Gasteiger partial charge in [-0.1, -0.05) is 0 Å². The molecule has 0 aliphatic heterocycles. The van der Waals surface area contributed by atoms with Gasteiger partial charge in [0.2, 0.25) is 0 Å². The Bertz CT molecular complexity index is 523. The molecule has 1 atom stereocenters. The second kappa shape index (κ2) is 5.46. The molecular weight excluding hydrogens is 232 g/mol. The number of furan rings is 1. The van der Waals surface area contributed by atoms with Gasteiger partial charge in [-0.25, -0.2) is 0 Å². The molecule has 2 heterocycles. The van der Waals surface area contributed by atoms with Crippen molar-refractivity contribution in [2.24, 2.45) is 0 Å². The molecule has 18 heavy (non-hydrogen) atoms. The number of nitrogens with zero attached hydrogens (tertiary/aromatic N) is 1. The van der Waals surface area contributed by atoms with Crippen LogP contribution in [-0.4, -0.2) is 22.6 Å². The van der Waals surface area contributed by atoms with E-state index < -0.39 is 6.04 Å². The fourth-order valence-electron chi connectivity index (χ4n) is 1.62. The quantitative estimate of drug-likeness (QED) is 0.856. The van der Waals surface area contributed by atoms with E-state index in [4.69, 9.17) is 4.42 Å². The largest absolute Gasteiger partial charge is 0.467 e. The third kappa shape index (κ3) is 2.75. The van der Waals surface area contributed by atoms with Crippen molar-refractivity contribution in [2.75, 3.05) is 6.61 Å². The van der Waals surface area contributed by atoms with Gasteiger partial charge >= 0.3 is 0 Å². The molecule has 5 nitrogen and oxygen atoms in total. The molecule has 5 heteroatoms. The Morgan fingerprint density at radius 2 is 2.39 bits per heavy atom. The third-order valence-corrected chi connectivity index (χ3v) is 2.51. The summed E-state index contributed by atoms with van der Waals surface area (Å²) in [5.41, 5.74) is 1.36. The Morgan fingerprint density at radius 1 is 1.56 bits per heavy atom. The molecule has 1 unspecified atom stereocenters. The van der Waals surface area contributed by atoms with Crippen LogP contribution in [0.2, 0.25) is 0 Å². The molecule has 2 N–H and O–H groups in total. The maximum atomic E-state index is 12.0. The lowest BCUT2D eigenvalue weighted by atomic mass is 10.2. The number of aliphatic hydroxyl groups is 1. The highest BCUT2D eigenvalue weighted by atomic mass is 16.3. The van der Waals surface area contributed by atoms with Gasteiger partial charge in [0.25, 0.3) is 5.91 Å². The van der Waals surface area contributed by atoms with Crippen molar-refractivity contribution in [2.45, 2.75) is 13.0 Å². The van der Waals surface area contributed by atoms with Crippen LogP contribution in [0.1, 0.15) is 27.7 Å². The normalized spacial score (nSPS) is 12.1. The molecule has 0 saturated heterocycles. The molecule has 2 rings (SSSR count). The predicted octanol–water partition coefficient (Wildman–Crippen LogP) is 1.45. The average Bonchev–Trinajstić information content (AvgIpc) is 2.89. The summed E-state index contributed by atoms with van der Waals surface area (Å²) < 4.78 is 5.16. The van der Waals surface area contributed by atoms with Gasteiger partial charge in [-0.05, 0) is 30.7 Å². The first-order valence-corrected chi connectivity index (χ1v) is 5.57. The second-order valence-electron chi connectivity index (χ2n) is 3.98. The lowest BCUT2D eigenvalue weighted by Gasteiger charge is -2.13. The van der Waals surface area contributed by atoms with Gasteiger partial charge in [0.1, 0.15) is 11.8 Å². The standard InChI is InChI=1S/C13H14N2O3/c1-9-5-10(7-14-6-9)13(17)15-11(8-16)12-3-2-4-18-12/h2-7,11,16H,8H2,1H3,(H,15,17). The molecule has 0 aliphatic carbocycles. The van der Waals surface area contributed by atoms with E-state index in [0.717, 1.165) is 5.56 Å². The summed E-state index contributed by atoms with van der Waals surface area (Å²) in [6.45, 7) is 1.64. The fraction of sp³-hybridized carbons (Fsp3) is 0.231. The van der Waals surface area contributed by atoms with E-state index in [-0.39, 0.29) is 12.5 Å². The van der Waals surface area contributed by atoms with Crippen molar-refractivity contribution in [1.29, 1.82) is 0 Å². The molecule has 0 saturated carbocycles. The van der Waals surface area contributed by atoms with Crippen LogP contribution < -0.4 is 5.32 Å². The van der Waals surface area contributed by atoms with Crippen molar-refractivity contribution in [1.82, 2.24) is 10.3 Å². The number of hydrogen-bond donors (Lipinski definition) is 2. The predicted molar refractivity (Wildman–Crippen MR) is 65.0 cm³/mol. The van der Waals surface area contributed by atoms with E-state index in [1.165, 1.54) is 12.5 Å². The highest BCUT2D eigenvalue weighted by Crippen LogP contribution is 2.13. The number of pyridine rings is 1. The van der Waals surface area contributed by atoms with Gasteiger partial charge < -0.3 is 14.8 Å². The zero-order valence-corrected chi connectivity index (χ0v) is 9.96. The molecule has 0 aliphatic rings. The number of aromatic nitrogens is 1. The van der Waals surface area contributed by atoms with Crippen LogP contribution in [0.25, 0.3) is 0 Å². The highest BCUT2D eigenvalue weighted by molar-refractivity contribution is 5.94. The van der Waals surface area contributed by atoms with Gasteiger partial charge in [0.05, 0.1) is 18.4 Å². The van der Waals surface area contributed by atoms with Crippen LogP contribution in [-0.2, 0) is 0 Å². The molecule has 2 aromatic rings. The summed E-state index contributed by atoms with van der Waals surface area (Å²) >= 11 is 0. The number of aryl methyl sites for hydroxylation is 1. The summed E-state index contributed by atoms with van der Waals surface area (Å²) in [6, 6.07) is 4.60. The van der Waals surface area contributed by atoms with E-state index in [2.05, 4.69) is 10.3 Å². The number of nitrogens with one attached hydrogen (secondary N) is 1. The van der Waals surface area contributed by atoms with Crippen LogP contribution in [0.3, 0.4) is 0 Å². The summed E-state index contributed by atoms with van der Waals surface area (Å²) in [7, 11) is 0. The van der Waals surface area contributed by atoms with Gasteiger partial charge in [0.15, 0.2) is 0 Å². The number of rotatable bonds is 4. The Morgan fingerprint density at radius 3 is 3.00 bits per heavy atom. The zero-order valence-electron chi connectivity index (χ0n) is 9.96. The van der Waals surface area contributed by atoms with Crippen molar-refractivity contribution >= 4 is 5.91 Å². The van der Waals surface area contributed by atoms with Crippen LogP contribution >= 0.6 is 0 Å². The van der Waals surface area contributed by atoms with Gasteiger partial charge in [-0.3, -0.25) is 9.78 Å². The molecule has 0 radical (unpaired) electrons. The lowest BCUT2D eigenvalue weighted by Crippen LogP contribution is -2.30. The summed E-state index contributed by atoms with van der Waals surface area (Å²) in [6.07, 6.45) is 4.66. The summed E-state index contributed by atoms with van der Waals surface area (Å²) in [4.78, 5) is 15.9. The number of hydrogen-bond acceptors (Lipinski definition) is 4. The Balaban J connectivity index is 2.11. The lowest BCUT2D eigenvalue weighted by molar-refractivity contribution is 0.0907. The molecule has 0 aromatic carbocycles. The highest BCUT2D eigenvalue weighted by Gasteiger charge is 2.17. The molecular formula is C13H14N2O3. The van der Waals surface area contributed by atoms with Crippen molar-refractivity contribution in [3.63, 3.8) is 0 Å². The maximum absolute atomic E-state index is 12.0. The molecule has 0 fully saturated rings. The first-order chi connectivity index (χ1) is 8.70. The summed E-state index contributed by atoms with van der Waals surface area (Å²) in [5, 5.41) is 11.9. The average molecular weight is 246 g/mol. The minimum Gasteiger partial charge on any atom is -0.467 e. The van der Waals surface area contributed by atoms with E-state index in [1.807, 2.05) is 6.92 Å². The zero-order chi connectivity index (χ0) is 13.0. The van der Waals surface area contributed by atoms with E-state index in [1.54, 1.807) is 24.4 Å². The van der Waals surface area contributed by atoms with Gasteiger partial charge in [0, 0.05) is 12.4 Å². The smallest absolute Gasteiger partial charge is 0.253 e. The van der Waals surface area contributed by atoms with E-state index >= 15 is 0 Å². The Labute approximate surface area is 104 Å². The number of amides is 1. The minimum atomic E-state index is -0.548. The molecule has 0 bridgehead atoms. The van der Waals surface area contributed by atoms with Crippen molar-refractivity contribution in [3.05, 3.63) is 53.7 Å². The van der Waals surface area contributed by atoms with E-state index in [0.29, 0.717) is 11.3 Å². The molecule has 94 valence electrons. The van der Waals surface area contributed by atoms with Gasteiger partial charge in [-0.2, -0.15) is 0 Å². The number of aliphatic hydroxyl groups excluding tert-OH is 1. The van der Waals surface area contributed by atoms with Crippen molar-refractivity contribution < 1.29 is 14.3 Å². The second-order valence-corrected chi connectivity index (χ2v) is 3.98. The molecule has 2 aromatic heterocycles. The monoisotopic (exact) mass is 246 g/mol. The first kappa shape index (κ1) is 12.3. The maximum Gasteiger partial charge on any atom is 0.253 e. The summed E-state index contributed by atoms with van der Waals surface area (Å²) in [5.74, 6) is 0.230. The number of carbonyl (C=O) groups excluding carboxylic acids is 1. The van der Waals surface area contributed by atoms with E-state index in [9.17, 15) is 9.90 Å². The van der Waals surface area contributed by atoms with Crippen molar-refractivity contribution in [3.8, 4) is 0 Å². The molecule has 1 amide bonds. The van der Waals surface area contributed by atoms with Crippen LogP contribution in [0.5, 0.6) is 0 Å². The van der Waals surface area contributed by atoms with Crippen LogP contribution in [0, 0.1) is 6.92 Å². The third-order valence-electron chi connectivity index (χ3n) is 2.51. The number of carbonyl (C=O) groups is 1. The van der Waals surface area contributed by atoms with Gasteiger partial charge in [-0.15, -0.1) is 0 Å². The fourth-order valence-corrected chi connectivity index (χ4v) is 1.62. The topological polar surface area (TPSA) is 75.4 Å².